The first kappa shape index (κ1) is 12.5. The Morgan fingerprint density at radius 2 is 2.47 bits per heavy atom. The lowest BCUT2D eigenvalue weighted by atomic mass is 9.77. The maximum absolute atomic E-state index is 6.02. The molecule has 0 aromatic carbocycles. The van der Waals surface area contributed by atoms with Crippen molar-refractivity contribution in [3.05, 3.63) is 17.2 Å². The fraction of sp³-hybridized carbons (Fsp3) is 0.400. The molecule has 0 spiro atoms. The van der Waals surface area contributed by atoms with E-state index < -0.39 is 0 Å². The number of pyridine rings is 1. The highest BCUT2D eigenvalue weighted by molar-refractivity contribution is 7.80. The zero-order valence-corrected chi connectivity index (χ0v) is 10.7. The zero-order chi connectivity index (χ0) is 12.3. The fourth-order valence-electron chi connectivity index (χ4n) is 1.69. The van der Waals surface area contributed by atoms with E-state index in [1.165, 1.54) is 0 Å². The quantitative estimate of drug-likeness (QED) is 0.649. The summed E-state index contributed by atoms with van der Waals surface area (Å²) >= 11 is 10.8. The van der Waals surface area contributed by atoms with Gasteiger partial charge in [-0.05, 0) is 37.1 Å². The molecule has 89 valence electrons. The molecule has 1 atom stereocenters. The largest absolute Gasteiger partial charge is 0.474 e. The molecule has 1 fully saturated rings. The van der Waals surface area contributed by atoms with Gasteiger partial charge < -0.3 is 15.8 Å². The molecule has 3 N–H and O–H groups in total. The Hall–Kier alpha value is -1.01. The van der Waals surface area contributed by atoms with Crippen LogP contribution < -0.4 is 15.8 Å². The van der Waals surface area contributed by atoms with Gasteiger partial charge in [-0.1, -0.05) is 17.9 Å². The molecule has 0 saturated carbocycles. The SMILES string of the molecule is NC(=S)Nc1ccc(Cl)c(OC2C[B]CC2)n1. The summed E-state index contributed by atoms with van der Waals surface area (Å²) in [6.07, 6.45) is 3.18. The van der Waals surface area contributed by atoms with E-state index in [1.807, 2.05) is 0 Å². The molecule has 2 rings (SSSR count). The van der Waals surface area contributed by atoms with Crippen LogP contribution >= 0.6 is 23.8 Å². The second kappa shape index (κ2) is 5.55. The van der Waals surface area contributed by atoms with Crippen LogP contribution in [0.1, 0.15) is 6.42 Å². The van der Waals surface area contributed by atoms with Crippen LogP contribution in [-0.2, 0) is 0 Å². The minimum absolute atomic E-state index is 0.167. The first-order valence-electron chi connectivity index (χ1n) is 5.36. The Balaban J connectivity index is 2.10. The Bertz CT molecular complexity index is 426. The number of ether oxygens (including phenoxy) is 1. The molecule has 4 nitrogen and oxygen atoms in total. The van der Waals surface area contributed by atoms with Crippen molar-refractivity contribution >= 4 is 42.0 Å². The number of hydrogen-bond donors (Lipinski definition) is 2. The van der Waals surface area contributed by atoms with Crippen molar-refractivity contribution < 1.29 is 4.74 Å². The highest BCUT2D eigenvalue weighted by Gasteiger charge is 2.19. The summed E-state index contributed by atoms with van der Waals surface area (Å²) < 4.78 is 5.73. The minimum Gasteiger partial charge on any atom is -0.474 e. The Labute approximate surface area is 111 Å². The van der Waals surface area contributed by atoms with E-state index in [0.717, 1.165) is 19.1 Å². The van der Waals surface area contributed by atoms with E-state index in [2.05, 4.69) is 17.6 Å². The summed E-state index contributed by atoms with van der Waals surface area (Å²) in [5.41, 5.74) is 5.38. The molecule has 1 aliphatic rings. The van der Waals surface area contributed by atoms with Crippen molar-refractivity contribution in [3.63, 3.8) is 0 Å². The number of aromatic nitrogens is 1. The molecule has 1 aliphatic heterocycles. The van der Waals surface area contributed by atoms with Gasteiger partial charge in [0.25, 0.3) is 0 Å². The van der Waals surface area contributed by atoms with Gasteiger partial charge in [0.1, 0.15) is 18.1 Å². The molecule has 1 aromatic rings. The third-order valence-electron chi connectivity index (χ3n) is 2.47. The predicted octanol–water partition coefficient (Wildman–Crippen LogP) is 2.08. The average molecular weight is 269 g/mol. The Morgan fingerprint density at radius 1 is 1.65 bits per heavy atom. The van der Waals surface area contributed by atoms with E-state index in [0.29, 0.717) is 16.7 Å². The molecule has 2 heterocycles. The molecule has 0 bridgehead atoms. The van der Waals surface area contributed by atoms with E-state index in [9.17, 15) is 0 Å². The van der Waals surface area contributed by atoms with Crippen LogP contribution in [0, 0.1) is 0 Å². The van der Waals surface area contributed by atoms with Crippen molar-refractivity contribution in [2.45, 2.75) is 25.2 Å². The second-order valence-electron chi connectivity index (χ2n) is 3.81. The van der Waals surface area contributed by atoms with E-state index in [1.54, 1.807) is 12.1 Å². The third kappa shape index (κ3) is 3.47. The topological polar surface area (TPSA) is 60.2 Å². The van der Waals surface area contributed by atoms with Crippen LogP contribution in [0.4, 0.5) is 5.82 Å². The second-order valence-corrected chi connectivity index (χ2v) is 4.66. The summed E-state index contributed by atoms with van der Waals surface area (Å²) in [7, 11) is 2.20. The van der Waals surface area contributed by atoms with Crippen molar-refractivity contribution in [3.8, 4) is 5.88 Å². The third-order valence-corrected chi connectivity index (χ3v) is 2.86. The van der Waals surface area contributed by atoms with Crippen LogP contribution in [0.2, 0.25) is 17.7 Å². The van der Waals surface area contributed by atoms with Gasteiger partial charge in [0.15, 0.2) is 5.11 Å². The minimum atomic E-state index is 0.167. The highest BCUT2D eigenvalue weighted by Crippen LogP contribution is 2.27. The first-order chi connectivity index (χ1) is 8.15. The number of thiocarbonyl (C=S) groups is 1. The van der Waals surface area contributed by atoms with E-state index >= 15 is 0 Å². The maximum atomic E-state index is 6.02. The zero-order valence-electron chi connectivity index (χ0n) is 9.15. The van der Waals surface area contributed by atoms with Crippen molar-refractivity contribution in [2.75, 3.05) is 5.32 Å². The van der Waals surface area contributed by atoms with Gasteiger partial charge in [0.05, 0.1) is 6.10 Å². The first-order valence-corrected chi connectivity index (χ1v) is 6.15. The van der Waals surface area contributed by atoms with Gasteiger partial charge in [0.2, 0.25) is 5.88 Å². The number of halogens is 1. The van der Waals surface area contributed by atoms with Gasteiger partial charge in [-0.25, -0.2) is 0 Å². The van der Waals surface area contributed by atoms with E-state index in [4.69, 9.17) is 34.3 Å². The number of anilines is 1. The highest BCUT2D eigenvalue weighted by atomic mass is 35.5. The maximum Gasteiger partial charge on any atom is 0.234 e. The molecule has 0 aliphatic carbocycles. The molecule has 17 heavy (non-hydrogen) atoms. The van der Waals surface area contributed by atoms with Crippen molar-refractivity contribution in [1.29, 1.82) is 0 Å². The smallest absolute Gasteiger partial charge is 0.234 e. The standard InChI is InChI=1S/C10H12BClN3OS/c12-7-1-2-8(15-10(13)17)14-9(7)16-6-3-4-11-5-6/h1-2,6H,3-5H2,(H3,13,14,15,17). The normalized spacial score (nSPS) is 18.5. The summed E-state index contributed by atoms with van der Waals surface area (Å²) in [5, 5.41) is 3.41. The summed E-state index contributed by atoms with van der Waals surface area (Å²) in [6.45, 7) is 0. The lowest BCUT2D eigenvalue weighted by molar-refractivity contribution is 0.217. The van der Waals surface area contributed by atoms with Crippen LogP contribution in [0.25, 0.3) is 0 Å². The number of nitrogens with two attached hydrogens (primary N) is 1. The van der Waals surface area contributed by atoms with Crippen LogP contribution in [-0.4, -0.2) is 23.5 Å². The summed E-state index contributed by atoms with van der Waals surface area (Å²) in [6, 6.07) is 3.41. The van der Waals surface area contributed by atoms with Gasteiger partial charge in [-0.15, -0.1) is 0 Å². The van der Waals surface area contributed by atoms with Crippen LogP contribution in [0.3, 0.4) is 0 Å². The Kier molecular flexibility index (Phi) is 4.07. The van der Waals surface area contributed by atoms with Crippen LogP contribution in [0.15, 0.2) is 12.1 Å². The van der Waals surface area contributed by atoms with Gasteiger partial charge >= 0.3 is 0 Å². The number of hydrogen-bond acceptors (Lipinski definition) is 3. The fourth-order valence-corrected chi connectivity index (χ4v) is 1.95. The lowest BCUT2D eigenvalue weighted by Gasteiger charge is -2.14. The van der Waals surface area contributed by atoms with E-state index in [-0.39, 0.29) is 11.2 Å². The predicted molar refractivity (Wildman–Crippen MR) is 74.1 cm³/mol. The molecule has 7 heteroatoms. The molecule has 0 amide bonds. The molecule has 1 radical (unpaired) electrons. The van der Waals surface area contributed by atoms with Gasteiger partial charge in [-0.2, -0.15) is 4.98 Å². The molecule has 1 aromatic heterocycles. The van der Waals surface area contributed by atoms with Gasteiger partial charge in [-0.3, -0.25) is 0 Å². The number of nitrogens with one attached hydrogen (secondary N) is 1. The molecular weight excluding hydrogens is 256 g/mol. The van der Waals surface area contributed by atoms with Crippen molar-refractivity contribution in [2.24, 2.45) is 5.73 Å². The summed E-state index contributed by atoms with van der Waals surface area (Å²) in [4.78, 5) is 4.23. The molecular formula is C10H12BClN3OS. The number of nitrogens with zero attached hydrogens (tertiary/aromatic N) is 1. The van der Waals surface area contributed by atoms with Crippen molar-refractivity contribution in [1.82, 2.24) is 4.98 Å². The summed E-state index contributed by atoms with van der Waals surface area (Å²) in [5.74, 6) is 0.965. The molecule has 1 saturated heterocycles. The van der Waals surface area contributed by atoms with Gasteiger partial charge in [0, 0.05) is 0 Å². The average Bonchev–Trinajstić information content (AvgIpc) is 2.75. The van der Waals surface area contributed by atoms with Crippen LogP contribution in [0.5, 0.6) is 5.88 Å². The lowest BCUT2D eigenvalue weighted by Crippen LogP contribution is -2.20. The number of rotatable bonds is 3. The monoisotopic (exact) mass is 268 g/mol. The Morgan fingerprint density at radius 3 is 3.12 bits per heavy atom. The molecule has 1 unspecified atom stereocenters.